The molecule has 0 saturated carbocycles. The molecular formula is C41H61ClFN7O. The Kier molecular flexibility index (Phi) is 20.4. The van der Waals surface area contributed by atoms with E-state index in [2.05, 4.69) is 58.3 Å². The quantitative estimate of drug-likeness (QED) is 0.0463. The standard InChI is InChI=1S/C23H36FN3.C18H25ClN4O/c1-5-7-16-27-22(17-25)20(18-26-4)11-9-8-10-19-12-14-21(15-13-19)23(3,24)6-2;1-3-4-9-21-17-16(12-22-18(20)23-17)24-10-5-6-14-8-7-13(2)11-15(14)19/h12-15,17-18,27H,4-11,16,25H2,1-3H3;7-8,11-12H,3-6,9-10H2,1-2H3,(H3,20,21,22,23)/b20-18-,22-17+;. The van der Waals surface area contributed by atoms with Gasteiger partial charge in [0.2, 0.25) is 5.95 Å². The topological polar surface area (TPSA) is 123 Å². The third kappa shape index (κ3) is 16.2. The van der Waals surface area contributed by atoms with Gasteiger partial charge in [0.15, 0.2) is 11.6 Å². The van der Waals surface area contributed by atoms with E-state index in [-0.39, 0.29) is 5.95 Å². The summed E-state index contributed by atoms with van der Waals surface area (Å²) in [5.41, 5.74) is 16.5. The Morgan fingerprint density at radius 1 is 1.02 bits per heavy atom. The van der Waals surface area contributed by atoms with Crippen LogP contribution in [0.3, 0.4) is 0 Å². The molecule has 1 heterocycles. The van der Waals surface area contributed by atoms with Crippen molar-refractivity contribution in [2.45, 2.75) is 111 Å². The summed E-state index contributed by atoms with van der Waals surface area (Å²) in [4.78, 5) is 12.2. The fourth-order valence-electron chi connectivity index (χ4n) is 5.23. The first kappa shape index (κ1) is 43.1. The van der Waals surface area contributed by atoms with Gasteiger partial charge in [-0.3, -0.25) is 4.99 Å². The molecule has 10 heteroatoms. The van der Waals surface area contributed by atoms with Crippen LogP contribution in [0.25, 0.3) is 0 Å². The van der Waals surface area contributed by atoms with Gasteiger partial charge >= 0.3 is 0 Å². The molecule has 0 bridgehead atoms. The Balaban J connectivity index is 0.000000355. The molecule has 0 spiro atoms. The molecule has 3 rings (SSSR count). The zero-order valence-electron chi connectivity index (χ0n) is 31.5. The first-order chi connectivity index (χ1) is 24.6. The van der Waals surface area contributed by atoms with Crippen LogP contribution >= 0.6 is 11.6 Å². The smallest absolute Gasteiger partial charge is 0.222 e. The Morgan fingerprint density at radius 2 is 1.75 bits per heavy atom. The highest BCUT2D eigenvalue weighted by molar-refractivity contribution is 6.31. The van der Waals surface area contributed by atoms with E-state index in [0.717, 1.165) is 105 Å². The molecule has 280 valence electrons. The molecule has 51 heavy (non-hydrogen) atoms. The zero-order valence-corrected chi connectivity index (χ0v) is 32.3. The monoisotopic (exact) mass is 721 g/mol. The van der Waals surface area contributed by atoms with E-state index in [1.807, 2.05) is 44.2 Å². The number of nitrogens with zero attached hydrogens (tertiary/aromatic N) is 3. The molecule has 0 saturated heterocycles. The SMILES string of the molecule is C=N/C=C(CCCCc1ccc(C(C)(F)CC)cc1)\C(=C/N)NCCCC.CCCCNc1nc(N)ncc1OCCCc1ccc(C)cc1Cl. The van der Waals surface area contributed by atoms with Crippen molar-refractivity contribution in [2.24, 2.45) is 10.7 Å². The van der Waals surface area contributed by atoms with Crippen LogP contribution in [-0.2, 0) is 18.5 Å². The van der Waals surface area contributed by atoms with Crippen molar-refractivity contribution in [1.82, 2.24) is 15.3 Å². The minimum absolute atomic E-state index is 0.243. The first-order valence-corrected chi connectivity index (χ1v) is 18.8. The molecule has 0 aliphatic carbocycles. The van der Waals surface area contributed by atoms with E-state index in [1.54, 1.807) is 25.5 Å². The fourth-order valence-corrected chi connectivity index (χ4v) is 5.56. The van der Waals surface area contributed by atoms with Gasteiger partial charge in [0.25, 0.3) is 0 Å². The largest absolute Gasteiger partial charge is 0.488 e. The highest BCUT2D eigenvalue weighted by Crippen LogP contribution is 2.29. The van der Waals surface area contributed by atoms with Gasteiger partial charge in [0.05, 0.1) is 18.5 Å². The van der Waals surface area contributed by atoms with Gasteiger partial charge < -0.3 is 26.8 Å². The van der Waals surface area contributed by atoms with Gasteiger partial charge in [-0.25, -0.2) is 9.37 Å². The molecule has 1 atom stereocenters. The number of nitrogens with two attached hydrogens (primary N) is 2. The molecule has 0 radical (unpaired) electrons. The lowest BCUT2D eigenvalue weighted by Crippen LogP contribution is -2.18. The number of aliphatic imine (C=N–C) groups is 1. The van der Waals surface area contributed by atoms with E-state index < -0.39 is 5.67 Å². The summed E-state index contributed by atoms with van der Waals surface area (Å²) >= 11 is 6.25. The number of ether oxygens (including phenoxy) is 1. The van der Waals surface area contributed by atoms with Gasteiger partial charge in [-0.15, -0.1) is 0 Å². The minimum Gasteiger partial charge on any atom is -0.488 e. The molecule has 0 amide bonds. The predicted molar refractivity (Wildman–Crippen MR) is 215 cm³/mol. The highest BCUT2D eigenvalue weighted by atomic mass is 35.5. The van der Waals surface area contributed by atoms with Crippen molar-refractivity contribution < 1.29 is 9.13 Å². The van der Waals surface area contributed by atoms with Crippen LogP contribution in [0.15, 0.2) is 77.3 Å². The normalized spacial score (nSPS) is 12.8. The summed E-state index contributed by atoms with van der Waals surface area (Å²) in [6.45, 7) is 15.7. The number of rotatable bonds is 22. The zero-order chi connectivity index (χ0) is 37.5. The lowest BCUT2D eigenvalue weighted by Gasteiger charge is -2.19. The van der Waals surface area contributed by atoms with Crippen molar-refractivity contribution in [3.05, 3.63) is 99.6 Å². The summed E-state index contributed by atoms with van der Waals surface area (Å²) in [6, 6.07) is 14.1. The maximum atomic E-state index is 14.3. The number of aromatic nitrogens is 2. The average molecular weight is 722 g/mol. The van der Waals surface area contributed by atoms with Gasteiger partial charge in [-0.1, -0.05) is 81.6 Å². The van der Waals surface area contributed by atoms with Crippen LogP contribution in [0.4, 0.5) is 16.2 Å². The number of halogens is 2. The molecular weight excluding hydrogens is 661 g/mol. The second-order valence-electron chi connectivity index (χ2n) is 12.9. The van der Waals surface area contributed by atoms with Crippen LogP contribution in [0.5, 0.6) is 5.75 Å². The predicted octanol–water partition coefficient (Wildman–Crippen LogP) is 10.0. The summed E-state index contributed by atoms with van der Waals surface area (Å²) in [6.07, 6.45) is 15.6. The summed E-state index contributed by atoms with van der Waals surface area (Å²) in [7, 11) is 0. The van der Waals surface area contributed by atoms with Gasteiger partial charge in [-0.05, 0) is 112 Å². The first-order valence-electron chi connectivity index (χ1n) is 18.4. The van der Waals surface area contributed by atoms with Crippen molar-refractivity contribution in [2.75, 3.05) is 30.7 Å². The van der Waals surface area contributed by atoms with Crippen molar-refractivity contribution in [1.29, 1.82) is 0 Å². The van der Waals surface area contributed by atoms with E-state index in [1.165, 1.54) is 11.1 Å². The number of hydrogen-bond donors (Lipinski definition) is 4. The van der Waals surface area contributed by atoms with Crippen molar-refractivity contribution in [3.63, 3.8) is 0 Å². The van der Waals surface area contributed by atoms with Crippen molar-refractivity contribution in [3.8, 4) is 5.75 Å². The molecule has 0 aliphatic rings. The number of allylic oxidation sites excluding steroid dienone is 1. The number of aryl methyl sites for hydroxylation is 3. The molecule has 0 aliphatic heterocycles. The Morgan fingerprint density at radius 3 is 2.39 bits per heavy atom. The Hall–Kier alpha value is -4.11. The second-order valence-corrected chi connectivity index (χ2v) is 13.3. The lowest BCUT2D eigenvalue weighted by molar-refractivity contribution is 0.185. The number of unbranched alkanes of at least 4 members (excludes halogenated alkanes) is 3. The van der Waals surface area contributed by atoms with Gasteiger partial charge in [-0.2, -0.15) is 4.98 Å². The molecule has 0 fully saturated rings. The van der Waals surface area contributed by atoms with Crippen LogP contribution in [0, 0.1) is 6.92 Å². The Labute approximate surface area is 311 Å². The third-order valence-electron chi connectivity index (χ3n) is 8.64. The maximum Gasteiger partial charge on any atom is 0.222 e. The number of nitrogens with one attached hydrogen (secondary N) is 2. The van der Waals surface area contributed by atoms with Crippen LogP contribution in [-0.4, -0.2) is 36.4 Å². The van der Waals surface area contributed by atoms with E-state index >= 15 is 0 Å². The molecule has 1 unspecified atom stereocenters. The number of hydrogen-bond acceptors (Lipinski definition) is 8. The van der Waals surface area contributed by atoms with Crippen LogP contribution in [0.1, 0.15) is 108 Å². The van der Waals surface area contributed by atoms with Crippen LogP contribution < -0.4 is 26.8 Å². The lowest BCUT2D eigenvalue weighted by atomic mass is 9.93. The average Bonchev–Trinajstić information content (AvgIpc) is 3.12. The minimum atomic E-state index is -1.24. The van der Waals surface area contributed by atoms with E-state index in [4.69, 9.17) is 27.8 Å². The van der Waals surface area contributed by atoms with Crippen molar-refractivity contribution >= 4 is 30.1 Å². The summed E-state index contributed by atoms with van der Waals surface area (Å²) in [5.74, 6) is 1.53. The van der Waals surface area contributed by atoms with Gasteiger partial charge in [0, 0.05) is 30.5 Å². The highest BCUT2D eigenvalue weighted by Gasteiger charge is 2.22. The second kappa shape index (κ2) is 24.1. The molecule has 6 N–H and O–H groups in total. The van der Waals surface area contributed by atoms with Gasteiger partial charge in [0.1, 0.15) is 5.67 Å². The van der Waals surface area contributed by atoms with E-state index in [0.29, 0.717) is 24.6 Å². The number of anilines is 2. The molecule has 8 nitrogen and oxygen atoms in total. The molecule has 2 aromatic carbocycles. The summed E-state index contributed by atoms with van der Waals surface area (Å²) < 4.78 is 20.2. The number of benzene rings is 2. The maximum absolute atomic E-state index is 14.3. The number of nitrogen functional groups attached to an aromatic ring is 1. The third-order valence-corrected chi connectivity index (χ3v) is 8.99. The number of alkyl halides is 1. The van der Waals surface area contributed by atoms with E-state index in [9.17, 15) is 4.39 Å². The summed E-state index contributed by atoms with van der Waals surface area (Å²) in [5, 5.41) is 7.45. The fraction of sp³-hybridized carbons (Fsp3) is 0.488. The Bertz CT molecular complexity index is 1510. The van der Waals surface area contributed by atoms with Crippen LogP contribution in [0.2, 0.25) is 5.02 Å². The molecule has 3 aromatic rings. The molecule has 1 aromatic heterocycles.